The fourth-order valence-electron chi connectivity index (χ4n) is 2.74. The molecule has 0 spiro atoms. The van der Waals surface area contributed by atoms with Crippen LogP contribution in [0.3, 0.4) is 0 Å². The van der Waals surface area contributed by atoms with Gasteiger partial charge in [-0.1, -0.05) is 48.0 Å². The Labute approximate surface area is 151 Å². The highest BCUT2D eigenvalue weighted by Gasteiger charge is 2.62. The number of ether oxygens (including phenoxy) is 1. The van der Waals surface area contributed by atoms with E-state index in [0.29, 0.717) is 0 Å². The first-order valence-corrected chi connectivity index (χ1v) is 7.87. The molecule has 0 saturated heterocycles. The monoisotopic (exact) mass is 383 g/mol. The van der Waals surface area contributed by atoms with Crippen LogP contribution in [0.4, 0.5) is 13.2 Å². The lowest BCUT2D eigenvalue weighted by molar-refractivity contribution is -0.318. The fourth-order valence-corrected chi connectivity index (χ4v) is 2.97. The van der Waals surface area contributed by atoms with E-state index in [-0.39, 0.29) is 27.5 Å². The summed E-state index contributed by atoms with van der Waals surface area (Å²) in [4.78, 5) is 11.6. The minimum Gasteiger partial charge on any atom is -0.448 e. The largest absolute Gasteiger partial charge is 0.462 e. The van der Waals surface area contributed by atoms with Gasteiger partial charge in [0.1, 0.15) is 11.4 Å². The molecule has 1 aliphatic rings. The third-order valence-electron chi connectivity index (χ3n) is 3.83. The van der Waals surface area contributed by atoms with Crippen molar-refractivity contribution in [1.82, 2.24) is 5.32 Å². The Morgan fingerprint density at radius 1 is 1.12 bits per heavy atom. The average molecular weight is 384 g/mol. The lowest BCUT2D eigenvalue weighted by Crippen LogP contribution is -2.57. The van der Waals surface area contributed by atoms with Crippen LogP contribution in [0.1, 0.15) is 18.1 Å². The minimum atomic E-state index is -5.22. The molecule has 4 nitrogen and oxygen atoms in total. The van der Waals surface area contributed by atoms with Crippen molar-refractivity contribution in [2.75, 3.05) is 0 Å². The van der Waals surface area contributed by atoms with Gasteiger partial charge in [0, 0.05) is 28.6 Å². The van der Waals surface area contributed by atoms with Gasteiger partial charge >= 0.3 is 12.0 Å². The number of carbonyl (C=O) groups is 1. The molecule has 0 fully saturated rings. The highest BCUT2D eigenvalue weighted by molar-refractivity contribution is 6.32. The Morgan fingerprint density at radius 3 is 2.27 bits per heavy atom. The van der Waals surface area contributed by atoms with Crippen molar-refractivity contribution in [3.05, 3.63) is 70.4 Å². The van der Waals surface area contributed by atoms with Crippen LogP contribution in [0.15, 0.2) is 54.2 Å². The molecule has 136 valence electrons. The summed E-state index contributed by atoms with van der Waals surface area (Å²) < 4.78 is 46.1. The van der Waals surface area contributed by atoms with Gasteiger partial charge in [-0.2, -0.15) is 13.2 Å². The number of nitrogens with one attached hydrogen (secondary N) is 1. The molecule has 2 N–H and O–H groups in total. The maximum Gasteiger partial charge on any atom is 0.462 e. The molecule has 1 amide bonds. The Morgan fingerprint density at radius 2 is 1.69 bits per heavy atom. The molecule has 0 bridgehead atoms. The summed E-state index contributed by atoms with van der Waals surface area (Å²) in [5, 5.41) is 12.7. The molecule has 26 heavy (non-hydrogen) atoms. The molecule has 1 unspecified atom stereocenters. The summed E-state index contributed by atoms with van der Waals surface area (Å²) in [5.41, 5.74) is -0.411. The van der Waals surface area contributed by atoms with Gasteiger partial charge in [-0.3, -0.25) is 4.79 Å². The van der Waals surface area contributed by atoms with Gasteiger partial charge in [0.2, 0.25) is 5.91 Å². The Kier molecular flexibility index (Phi) is 4.46. The fraction of sp³-hybridized carbons (Fsp3) is 0.167. The molecule has 0 radical (unpaired) electrons. The highest BCUT2D eigenvalue weighted by Crippen LogP contribution is 2.48. The van der Waals surface area contributed by atoms with Crippen LogP contribution in [-0.2, 0) is 4.79 Å². The normalized spacial score (nSPS) is 19.6. The zero-order chi connectivity index (χ0) is 19.1. The molecule has 1 heterocycles. The second-order valence-electron chi connectivity index (χ2n) is 5.65. The minimum absolute atomic E-state index is 0.0625. The van der Waals surface area contributed by atoms with Crippen molar-refractivity contribution < 1.29 is 27.8 Å². The standard InChI is InChI=1S/C18H13ClF3NO3/c1-10(24)23-16-15(11-6-2-4-8-13(11)19)12-7-3-5-9-14(12)26-17(16,25)18(20,21)22/h2-9,25H,1H3,(H,23,24). The Bertz CT molecular complexity index is 911. The van der Waals surface area contributed by atoms with E-state index in [1.165, 1.54) is 30.3 Å². The number of alkyl halides is 3. The maximum absolute atomic E-state index is 13.7. The number of aliphatic hydroxyl groups is 1. The second kappa shape index (κ2) is 6.34. The van der Waals surface area contributed by atoms with Crippen LogP contribution < -0.4 is 10.1 Å². The van der Waals surface area contributed by atoms with E-state index < -0.39 is 23.6 Å². The second-order valence-corrected chi connectivity index (χ2v) is 6.06. The Hall–Kier alpha value is -2.51. The van der Waals surface area contributed by atoms with E-state index in [0.717, 1.165) is 6.92 Å². The van der Waals surface area contributed by atoms with Crippen LogP contribution in [0.5, 0.6) is 5.75 Å². The van der Waals surface area contributed by atoms with E-state index in [2.05, 4.69) is 5.32 Å². The van der Waals surface area contributed by atoms with Crippen molar-refractivity contribution in [1.29, 1.82) is 0 Å². The molecular formula is C18H13ClF3NO3. The first-order chi connectivity index (χ1) is 12.1. The van der Waals surface area contributed by atoms with Crippen molar-refractivity contribution in [3.8, 4) is 5.75 Å². The molecular weight excluding hydrogens is 371 g/mol. The quantitative estimate of drug-likeness (QED) is 0.827. The third kappa shape index (κ3) is 2.93. The average Bonchev–Trinajstić information content (AvgIpc) is 2.55. The molecule has 2 aromatic carbocycles. The zero-order valence-electron chi connectivity index (χ0n) is 13.4. The summed E-state index contributed by atoms with van der Waals surface area (Å²) in [6.07, 6.45) is -5.22. The first-order valence-electron chi connectivity index (χ1n) is 7.50. The van der Waals surface area contributed by atoms with Crippen LogP contribution >= 0.6 is 11.6 Å². The maximum atomic E-state index is 13.7. The van der Waals surface area contributed by atoms with Crippen molar-refractivity contribution in [3.63, 3.8) is 0 Å². The predicted molar refractivity (Wildman–Crippen MR) is 89.4 cm³/mol. The van der Waals surface area contributed by atoms with Crippen molar-refractivity contribution >= 4 is 23.1 Å². The predicted octanol–water partition coefficient (Wildman–Crippen LogP) is 3.88. The third-order valence-corrected chi connectivity index (χ3v) is 4.16. The summed E-state index contributed by atoms with van der Waals surface area (Å²) in [5.74, 6) is -4.71. The lowest BCUT2D eigenvalue weighted by atomic mass is 9.89. The number of carbonyl (C=O) groups excluding carboxylic acids is 1. The molecule has 1 atom stereocenters. The lowest BCUT2D eigenvalue weighted by Gasteiger charge is -2.38. The van der Waals surface area contributed by atoms with E-state index in [9.17, 15) is 23.1 Å². The van der Waals surface area contributed by atoms with Crippen molar-refractivity contribution in [2.24, 2.45) is 0 Å². The van der Waals surface area contributed by atoms with Gasteiger partial charge < -0.3 is 15.2 Å². The number of fused-ring (bicyclic) bond motifs is 1. The summed E-state index contributed by atoms with van der Waals surface area (Å²) in [6.45, 7) is 1.04. The number of halogens is 4. The zero-order valence-corrected chi connectivity index (χ0v) is 14.2. The molecule has 2 aromatic rings. The first kappa shape index (κ1) is 18.3. The van der Waals surface area contributed by atoms with Crippen LogP contribution in [0, 0.1) is 0 Å². The summed E-state index contributed by atoms with van der Waals surface area (Å²) in [6, 6.07) is 12.1. The van der Waals surface area contributed by atoms with E-state index in [4.69, 9.17) is 16.3 Å². The summed E-state index contributed by atoms with van der Waals surface area (Å²) in [7, 11) is 0. The van der Waals surface area contributed by atoms with Gasteiger partial charge in [-0.05, 0) is 12.1 Å². The molecule has 8 heteroatoms. The van der Waals surface area contributed by atoms with Crippen LogP contribution in [0.25, 0.3) is 5.57 Å². The van der Waals surface area contributed by atoms with Gasteiger partial charge in [0.05, 0.1) is 0 Å². The van der Waals surface area contributed by atoms with E-state index in [1.54, 1.807) is 18.2 Å². The van der Waals surface area contributed by atoms with E-state index >= 15 is 0 Å². The molecule has 3 rings (SSSR count). The number of benzene rings is 2. The Balaban J connectivity index is 2.43. The topological polar surface area (TPSA) is 58.6 Å². The highest BCUT2D eigenvalue weighted by atomic mass is 35.5. The number of rotatable bonds is 2. The smallest absolute Gasteiger partial charge is 0.448 e. The molecule has 1 aliphatic heterocycles. The van der Waals surface area contributed by atoms with Crippen LogP contribution in [0.2, 0.25) is 5.02 Å². The molecule has 0 aliphatic carbocycles. The van der Waals surface area contributed by atoms with Gasteiger partial charge in [0.25, 0.3) is 0 Å². The van der Waals surface area contributed by atoms with Gasteiger partial charge in [-0.15, -0.1) is 0 Å². The van der Waals surface area contributed by atoms with Crippen LogP contribution in [-0.4, -0.2) is 23.0 Å². The molecule has 0 aromatic heterocycles. The van der Waals surface area contributed by atoms with Crippen molar-refractivity contribution in [2.45, 2.75) is 18.9 Å². The number of hydrogen-bond donors (Lipinski definition) is 2. The number of para-hydroxylation sites is 1. The number of hydrogen-bond acceptors (Lipinski definition) is 3. The molecule has 0 saturated carbocycles. The number of amides is 1. The SMILES string of the molecule is CC(=O)NC1=C(c2ccccc2Cl)c2ccccc2OC1(O)C(F)(F)F. The van der Waals surface area contributed by atoms with E-state index in [1.807, 2.05) is 0 Å². The van der Waals surface area contributed by atoms with Gasteiger partial charge in [0.15, 0.2) is 0 Å². The summed E-state index contributed by atoms with van der Waals surface area (Å²) >= 11 is 6.18. The van der Waals surface area contributed by atoms with Gasteiger partial charge in [-0.25, -0.2) is 0 Å².